The molecule has 0 aliphatic heterocycles. The number of nitrogens with two attached hydrogens (primary N) is 1. The molecule has 0 aliphatic rings. The van der Waals surface area contributed by atoms with E-state index in [-0.39, 0.29) is 6.42 Å². The van der Waals surface area contributed by atoms with Gasteiger partial charge in [-0.3, -0.25) is 0 Å². The summed E-state index contributed by atoms with van der Waals surface area (Å²) in [7, 11) is 0. The second kappa shape index (κ2) is 22.2. The van der Waals surface area contributed by atoms with E-state index in [0.29, 0.717) is 17.7 Å². The van der Waals surface area contributed by atoms with Gasteiger partial charge in [-0.1, -0.05) is 45.4 Å². The van der Waals surface area contributed by atoms with Crippen molar-refractivity contribution in [3.8, 4) is 0 Å². The van der Waals surface area contributed by atoms with Gasteiger partial charge in [-0.05, 0) is 0 Å². The van der Waals surface area contributed by atoms with Gasteiger partial charge in [-0.15, -0.1) is 0 Å². The number of nitrogen functional groups attached to an aromatic ring is 1. The number of ketones is 1. The van der Waals surface area contributed by atoms with Crippen molar-refractivity contribution in [1.29, 1.82) is 0 Å². The Morgan fingerprint density at radius 1 is 0.732 bits per heavy atom. The Labute approximate surface area is 252 Å². The molecule has 0 aliphatic carbocycles. The van der Waals surface area contributed by atoms with Crippen LogP contribution in [0.25, 0.3) is 0 Å². The molecule has 9 nitrogen and oxygen atoms in total. The van der Waals surface area contributed by atoms with Crippen LogP contribution >= 0.6 is 0 Å². The molecule has 1 atom stereocenters. The van der Waals surface area contributed by atoms with Crippen molar-refractivity contribution in [2.75, 3.05) is 5.73 Å². The molecule has 0 aromatic heterocycles. The second-order valence-electron chi connectivity index (χ2n) is 11.3. The van der Waals surface area contributed by atoms with Crippen LogP contribution in [-0.4, -0.2) is 27.6 Å². The molecule has 236 valence electrons. The first kappa shape index (κ1) is 37.7. The fourth-order valence-electron chi connectivity index (χ4n) is 4.31. The van der Waals surface area contributed by atoms with Gasteiger partial charge >= 0.3 is 208 Å². The predicted molar refractivity (Wildman–Crippen MR) is 157 cm³/mol. The van der Waals surface area contributed by atoms with Gasteiger partial charge in [0, 0.05) is 0 Å². The van der Waals surface area contributed by atoms with Gasteiger partial charge in [0.25, 0.3) is 0 Å². The second-order valence-corrected chi connectivity index (χ2v) is 13.8. The number of benzene rings is 1. The van der Waals surface area contributed by atoms with E-state index >= 15 is 0 Å². The molecule has 0 heterocycles. The zero-order chi connectivity index (χ0) is 30.5. The average molecular weight is 618 g/mol. The average Bonchev–Trinajstić information content (AvgIpc) is 2.93. The van der Waals surface area contributed by atoms with Crippen molar-refractivity contribution < 1.29 is 51.5 Å². The molecule has 0 saturated heterocycles. The summed E-state index contributed by atoms with van der Waals surface area (Å²) in [6.45, 7) is 8.96. The van der Waals surface area contributed by atoms with E-state index in [1.807, 2.05) is 0 Å². The molecular weight excluding hydrogens is 562 g/mol. The molecular formula is C31H55NO8Ti. The van der Waals surface area contributed by atoms with Crippen LogP contribution in [0.3, 0.4) is 0 Å². The quantitative estimate of drug-likeness (QED) is 0.0213. The molecule has 0 bridgehead atoms. The fraction of sp³-hybridized carbons (Fsp3) is 0.742. The van der Waals surface area contributed by atoms with Gasteiger partial charge in [-0.2, -0.15) is 0 Å². The topological polar surface area (TPSA) is 127 Å². The van der Waals surface area contributed by atoms with Crippen LogP contribution < -0.4 is 5.73 Å². The normalized spacial score (nSPS) is 12.7. The van der Waals surface area contributed by atoms with Crippen molar-refractivity contribution in [2.45, 2.75) is 143 Å². The minimum atomic E-state index is -5.31. The third kappa shape index (κ3) is 18.1. The summed E-state index contributed by atoms with van der Waals surface area (Å²) in [6, 6.07) is 6.37. The van der Waals surface area contributed by atoms with Crippen LogP contribution in [0.4, 0.5) is 5.69 Å². The van der Waals surface area contributed by atoms with Crippen molar-refractivity contribution in [1.82, 2.24) is 0 Å². The zero-order valence-corrected chi connectivity index (χ0v) is 27.6. The molecule has 10 heteroatoms. The van der Waals surface area contributed by atoms with Gasteiger partial charge < -0.3 is 0 Å². The molecule has 1 rings (SSSR count). The van der Waals surface area contributed by atoms with Crippen LogP contribution in [-0.2, 0) is 43.0 Å². The van der Waals surface area contributed by atoms with E-state index < -0.39 is 48.0 Å². The van der Waals surface area contributed by atoms with E-state index in [0.717, 1.165) is 19.3 Å². The summed E-state index contributed by atoms with van der Waals surface area (Å²) in [5.41, 5.74) is 6.61. The summed E-state index contributed by atoms with van der Waals surface area (Å²) in [5.74, 6) is -2.48. The first-order valence-corrected chi connectivity index (χ1v) is 18.2. The monoisotopic (exact) mass is 617 g/mol. The molecule has 1 aromatic rings. The maximum absolute atomic E-state index is 13.3. The third-order valence-corrected chi connectivity index (χ3v) is 8.24. The number of rotatable bonds is 25. The van der Waals surface area contributed by atoms with Gasteiger partial charge in [0.15, 0.2) is 0 Å². The first-order chi connectivity index (χ1) is 19.6. The van der Waals surface area contributed by atoms with Crippen LogP contribution in [0.15, 0.2) is 24.3 Å². The molecule has 3 N–H and O–H groups in total. The Kier molecular flexibility index (Phi) is 20.5. The van der Waals surface area contributed by atoms with Gasteiger partial charge in [0.2, 0.25) is 0 Å². The third-order valence-electron chi connectivity index (χ3n) is 6.56. The number of hydrogen-bond acceptors (Lipinski definition) is 9. The number of carbonyl (C=O) groups excluding carboxylic acids is 2. The van der Waals surface area contributed by atoms with Gasteiger partial charge in [-0.25, -0.2) is 0 Å². The minimum absolute atomic E-state index is 0.272. The summed E-state index contributed by atoms with van der Waals surface area (Å²) < 4.78 is 26.2. The van der Waals surface area contributed by atoms with Crippen LogP contribution in [0.1, 0.15) is 141 Å². The predicted octanol–water partition coefficient (Wildman–Crippen LogP) is 8.00. The van der Waals surface area contributed by atoms with Crippen LogP contribution in [0, 0.1) is 5.92 Å². The van der Waals surface area contributed by atoms with Crippen molar-refractivity contribution in [3.05, 3.63) is 29.8 Å². The summed E-state index contributed by atoms with van der Waals surface area (Å²) in [4.78, 5) is 36.6. The summed E-state index contributed by atoms with van der Waals surface area (Å²) >= 11 is -5.31. The Morgan fingerprint density at radius 2 is 1.15 bits per heavy atom. The van der Waals surface area contributed by atoms with Crippen LogP contribution in [0.2, 0.25) is 0 Å². The number of anilines is 1. The number of unbranched alkanes of at least 4 members (excludes halogenated alkanes) is 13. The Bertz CT molecular complexity index is 822. The molecule has 0 fully saturated rings. The SMILES string of the molecule is CCCCCCCCCCCCCCCCC(C(=O)[O][Ti]([OH])([O]OC(C)C)[O]OC(C)C)C(=O)c1ccc(N)cc1. The van der Waals surface area contributed by atoms with E-state index in [1.54, 1.807) is 52.0 Å². The van der Waals surface area contributed by atoms with E-state index in [1.165, 1.54) is 64.2 Å². The van der Waals surface area contributed by atoms with Crippen LogP contribution in [0.5, 0.6) is 0 Å². The fourth-order valence-corrected chi connectivity index (χ4v) is 6.06. The first-order valence-electron chi connectivity index (χ1n) is 15.6. The molecule has 0 radical (unpaired) electrons. The number of hydrogen-bond donors (Lipinski definition) is 2. The molecule has 1 unspecified atom stereocenters. The molecule has 0 amide bonds. The Balaban J connectivity index is 2.62. The van der Waals surface area contributed by atoms with Crippen molar-refractivity contribution in [3.63, 3.8) is 0 Å². The van der Waals surface area contributed by atoms with Gasteiger partial charge in [0.05, 0.1) is 0 Å². The maximum atomic E-state index is 13.3. The number of Topliss-reactive ketones (excluding diaryl/α,β-unsaturated/α-hetero) is 1. The molecule has 41 heavy (non-hydrogen) atoms. The van der Waals surface area contributed by atoms with Crippen molar-refractivity contribution >= 4 is 17.4 Å². The Morgan fingerprint density at radius 3 is 1.56 bits per heavy atom. The van der Waals surface area contributed by atoms with Crippen molar-refractivity contribution in [2.24, 2.45) is 5.92 Å². The summed E-state index contributed by atoms with van der Waals surface area (Å²) in [5, 5.41) is 0. The van der Waals surface area contributed by atoms with Gasteiger partial charge in [0.1, 0.15) is 0 Å². The number of carbonyl (C=O) groups is 2. The molecule has 1 aromatic carbocycles. The standard InChI is InChI=1S/C25H41NO3.2C3H8O2.H2O.Ti/c1-2-3-4-5-6-7-8-9-10-11-12-13-14-15-16-23(25(28)29)24(27)21-17-19-22(26)20-18-21;2*1-3(2)5-4;;/h17-20,23H,2-16,26H2,1H3,(H,28,29);2*3-4H,1-2H3;1H2;/q;;;;+4/p-4. The zero-order valence-electron chi connectivity index (χ0n) is 26.0. The van der Waals surface area contributed by atoms with E-state index in [4.69, 9.17) is 25.8 Å². The van der Waals surface area contributed by atoms with E-state index in [2.05, 4.69) is 6.92 Å². The molecule has 0 saturated carbocycles. The Hall–Kier alpha value is -1.33. The summed E-state index contributed by atoms with van der Waals surface area (Å²) in [6.07, 6.45) is 16.3. The molecule has 0 spiro atoms. The van der Waals surface area contributed by atoms with E-state index in [9.17, 15) is 13.3 Å².